The zero-order valence-corrected chi connectivity index (χ0v) is 11.6. The van der Waals surface area contributed by atoms with Gasteiger partial charge >= 0.3 is 0 Å². The molecule has 0 rings (SSSR count). The molecule has 0 aliphatic rings. The van der Waals surface area contributed by atoms with Crippen molar-refractivity contribution in [3.05, 3.63) is 0 Å². The molecule has 0 aromatic carbocycles. The van der Waals surface area contributed by atoms with Crippen molar-refractivity contribution >= 4 is 5.78 Å². The molecule has 96 valence electrons. The van der Waals surface area contributed by atoms with Gasteiger partial charge in [0, 0.05) is 6.42 Å². The monoisotopic (exact) mass is 226 g/mol. The molecule has 0 N–H and O–H groups in total. The number of Topliss-reactive ketones (excluding diaryl/α,β-unsaturated/α-hetero) is 1. The molecule has 0 bridgehead atoms. The van der Waals surface area contributed by atoms with Crippen LogP contribution in [0.5, 0.6) is 0 Å². The summed E-state index contributed by atoms with van der Waals surface area (Å²) in [6, 6.07) is 0. The van der Waals surface area contributed by atoms with Crippen LogP contribution >= 0.6 is 0 Å². The number of unbranched alkanes of at least 4 members (excludes halogenated alkanes) is 7. The SMILES string of the molecule is CCCCCCCCCCC(C)CC(C)=O. The van der Waals surface area contributed by atoms with Gasteiger partial charge in [0.15, 0.2) is 0 Å². The first-order valence-electron chi connectivity index (χ1n) is 7.16. The lowest BCUT2D eigenvalue weighted by Gasteiger charge is -2.08. The molecule has 0 aromatic rings. The smallest absolute Gasteiger partial charge is 0.130 e. The molecular formula is C15H30O. The maximum Gasteiger partial charge on any atom is 0.130 e. The van der Waals surface area contributed by atoms with E-state index in [-0.39, 0.29) is 0 Å². The summed E-state index contributed by atoms with van der Waals surface area (Å²) in [6.45, 7) is 6.16. The van der Waals surface area contributed by atoms with Crippen LogP contribution in [-0.2, 0) is 4.79 Å². The third-order valence-electron chi connectivity index (χ3n) is 3.19. The van der Waals surface area contributed by atoms with Crippen LogP contribution in [0.2, 0.25) is 0 Å². The molecule has 1 heteroatoms. The van der Waals surface area contributed by atoms with Crippen LogP contribution in [0.1, 0.15) is 85.0 Å². The van der Waals surface area contributed by atoms with Crippen LogP contribution in [0.4, 0.5) is 0 Å². The van der Waals surface area contributed by atoms with Gasteiger partial charge < -0.3 is 4.79 Å². The zero-order chi connectivity index (χ0) is 12.2. The Morgan fingerprint density at radius 2 is 1.44 bits per heavy atom. The van der Waals surface area contributed by atoms with Gasteiger partial charge in [0.05, 0.1) is 0 Å². The minimum absolute atomic E-state index is 0.340. The van der Waals surface area contributed by atoms with Gasteiger partial charge in [0.2, 0.25) is 0 Å². The van der Waals surface area contributed by atoms with Crippen molar-refractivity contribution in [3.63, 3.8) is 0 Å². The van der Waals surface area contributed by atoms with Crippen LogP contribution in [0, 0.1) is 5.92 Å². The summed E-state index contributed by atoms with van der Waals surface area (Å²) in [5.74, 6) is 0.935. The largest absolute Gasteiger partial charge is 0.300 e. The molecule has 0 heterocycles. The molecule has 0 aliphatic heterocycles. The maximum atomic E-state index is 10.9. The van der Waals surface area contributed by atoms with Crippen molar-refractivity contribution in [3.8, 4) is 0 Å². The average molecular weight is 226 g/mol. The number of hydrogen-bond acceptors (Lipinski definition) is 1. The average Bonchev–Trinajstić information content (AvgIpc) is 2.21. The van der Waals surface area contributed by atoms with Crippen molar-refractivity contribution in [2.45, 2.75) is 85.0 Å². The summed E-state index contributed by atoms with van der Waals surface area (Å²) in [5, 5.41) is 0. The van der Waals surface area contributed by atoms with E-state index in [9.17, 15) is 4.79 Å². The van der Waals surface area contributed by atoms with E-state index in [4.69, 9.17) is 0 Å². The summed E-state index contributed by atoms with van der Waals surface area (Å²) >= 11 is 0. The fourth-order valence-electron chi connectivity index (χ4n) is 2.22. The van der Waals surface area contributed by atoms with E-state index in [0.717, 1.165) is 6.42 Å². The number of carbonyl (C=O) groups excluding carboxylic acids is 1. The van der Waals surface area contributed by atoms with Crippen LogP contribution in [0.15, 0.2) is 0 Å². The van der Waals surface area contributed by atoms with Crippen LogP contribution in [-0.4, -0.2) is 5.78 Å². The Bertz CT molecular complexity index is 163. The Hall–Kier alpha value is -0.330. The molecule has 1 atom stereocenters. The third-order valence-corrected chi connectivity index (χ3v) is 3.19. The minimum atomic E-state index is 0.340. The van der Waals surface area contributed by atoms with Crippen LogP contribution in [0.3, 0.4) is 0 Å². The Kier molecular flexibility index (Phi) is 10.9. The molecule has 0 fully saturated rings. The van der Waals surface area contributed by atoms with E-state index in [1.165, 1.54) is 57.8 Å². The first-order chi connectivity index (χ1) is 7.66. The molecule has 0 radical (unpaired) electrons. The summed E-state index contributed by atoms with van der Waals surface area (Å²) in [6.07, 6.45) is 13.0. The summed E-state index contributed by atoms with van der Waals surface area (Å²) in [7, 11) is 0. The maximum absolute atomic E-state index is 10.9. The molecule has 0 spiro atoms. The van der Waals surface area contributed by atoms with Crippen molar-refractivity contribution in [2.75, 3.05) is 0 Å². The number of rotatable bonds is 11. The van der Waals surface area contributed by atoms with E-state index in [0.29, 0.717) is 11.7 Å². The highest BCUT2D eigenvalue weighted by Gasteiger charge is 2.04. The molecule has 1 nitrogen and oxygen atoms in total. The normalized spacial score (nSPS) is 12.7. The minimum Gasteiger partial charge on any atom is -0.300 e. The predicted molar refractivity (Wildman–Crippen MR) is 71.7 cm³/mol. The second-order valence-corrected chi connectivity index (χ2v) is 5.27. The number of carbonyl (C=O) groups is 1. The van der Waals surface area contributed by atoms with E-state index in [1.54, 1.807) is 6.92 Å². The molecule has 0 aliphatic carbocycles. The summed E-state index contributed by atoms with van der Waals surface area (Å²) < 4.78 is 0. The lowest BCUT2D eigenvalue weighted by atomic mass is 9.97. The first-order valence-corrected chi connectivity index (χ1v) is 7.16. The third kappa shape index (κ3) is 11.7. The van der Waals surface area contributed by atoms with Crippen molar-refractivity contribution in [1.29, 1.82) is 0 Å². The highest BCUT2D eigenvalue weighted by molar-refractivity contribution is 5.75. The Morgan fingerprint density at radius 1 is 0.938 bits per heavy atom. The molecule has 16 heavy (non-hydrogen) atoms. The molecule has 0 amide bonds. The van der Waals surface area contributed by atoms with Gasteiger partial charge in [-0.15, -0.1) is 0 Å². The quantitative estimate of drug-likeness (QED) is 0.446. The standard InChI is InChI=1S/C15H30O/c1-4-5-6-7-8-9-10-11-12-14(2)13-15(3)16/h14H,4-13H2,1-3H3. The van der Waals surface area contributed by atoms with Gasteiger partial charge in [0.1, 0.15) is 5.78 Å². The number of hydrogen-bond donors (Lipinski definition) is 0. The molecule has 0 aromatic heterocycles. The van der Waals surface area contributed by atoms with Gasteiger partial charge in [-0.2, -0.15) is 0 Å². The van der Waals surface area contributed by atoms with Crippen molar-refractivity contribution in [2.24, 2.45) is 5.92 Å². The van der Waals surface area contributed by atoms with E-state index < -0.39 is 0 Å². The second-order valence-electron chi connectivity index (χ2n) is 5.27. The second kappa shape index (κ2) is 11.2. The molecule has 0 saturated heterocycles. The Labute approximate surface area is 102 Å². The van der Waals surface area contributed by atoms with Crippen LogP contribution < -0.4 is 0 Å². The Morgan fingerprint density at radius 3 is 1.94 bits per heavy atom. The Balaban J connectivity index is 3.11. The topological polar surface area (TPSA) is 17.1 Å². The van der Waals surface area contributed by atoms with E-state index in [2.05, 4.69) is 13.8 Å². The van der Waals surface area contributed by atoms with Crippen molar-refractivity contribution < 1.29 is 4.79 Å². The summed E-state index contributed by atoms with van der Waals surface area (Å²) in [4.78, 5) is 10.9. The highest BCUT2D eigenvalue weighted by Crippen LogP contribution is 2.15. The molecule has 0 saturated carbocycles. The van der Waals surface area contributed by atoms with Crippen molar-refractivity contribution in [1.82, 2.24) is 0 Å². The number of ketones is 1. The van der Waals surface area contributed by atoms with Gasteiger partial charge in [-0.05, 0) is 12.8 Å². The fraction of sp³-hybridized carbons (Fsp3) is 0.933. The fourth-order valence-corrected chi connectivity index (χ4v) is 2.22. The van der Waals surface area contributed by atoms with Gasteiger partial charge in [-0.1, -0.05) is 71.6 Å². The lowest BCUT2D eigenvalue weighted by molar-refractivity contribution is -0.117. The summed E-state index contributed by atoms with van der Waals surface area (Å²) in [5.41, 5.74) is 0. The van der Waals surface area contributed by atoms with E-state index >= 15 is 0 Å². The molecule has 1 unspecified atom stereocenters. The highest BCUT2D eigenvalue weighted by atomic mass is 16.1. The zero-order valence-electron chi connectivity index (χ0n) is 11.6. The predicted octanol–water partition coefficient (Wildman–Crippen LogP) is 5.13. The van der Waals surface area contributed by atoms with E-state index in [1.807, 2.05) is 0 Å². The van der Waals surface area contributed by atoms with Gasteiger partial charge in [-0.25, -0.2) is 0 Å². The van der Waals surface area contributed by atoms with Gasteiger partial charge in [-0.3, -0.25) is 0 Å². The first kappa shape index (κ1) is 15.7. The molecular weight excluding hydrogens is 196 g/mol. The van der Waals surface area contributed by atoms with Gasteiger partial charge in [0.25, 0.3) is 0 Å². The van der Waals surface area contributed by atoms with Crippen LogP contribution in [0.25, 0.3) is 0 Å². The lowest BCUT2D eigenvalue weighted by Crippen LogP contribution is -2.01.